The summed E-state index contributed by atoms with van der Waals surface area (Å²) in [6.45, 7) is 0.489. The van der Waals surface area contributed by atoms with Gasteiger partial charge in [-0.1, -0.05) is 6.07 Å². The van der Waals surface area contributed by atoms with Crippen LogP contribution in [-0.2, 0) is 4.79 Å². The van der Waals surface area contributed by atoms with Gasteiger partial charge in [0.15, 0.2) is 0 Å². The molecule has 0 spiro atoms. The van der Waals surface area contributed by atoms with Crippen molar-refractivity contribution in [2.24, 2.45) is 11.8 Å². The lowest BCUT2D eigenvalue weighted by atomic mass is 10.1. The van der Waals surface area contributed by atoms with Crippen LogP contribution in [0, 0.1) is 18.3 Å². The van der Waals surface area contributed by atoms with Crippen molar-refractivity contribution in [2.75, 3.05) is 11.4 Å². The van der Waals surface area contributed by atoms with Gasteiger partial charge in [-0.25, -0.2) is 5.84 Å². The van der Waals surface area contributed by atoms with E-state index in [1.807, 2.05) is 0 Å². The van der Waals surface area contributed by atoms with E-state index < -0.39 is 5.91 Å². The lowest BCUT2D eigenvalue weighted by molar-refractivity contribution is -0.117. The van der Waals surface area contributed by atoms with Gasteiger partial charge in [-0.3, -0.25) is 15.0 Å². The van der Waals surface area contributed by atoms with Crippen molar-refractivity contribution in [3.8, 4) is 12.3 Å². The number of terminal acetylenes is 1. The molecular weight excluding hydrogens is 230 g/mol. The average molecular weight is 243 g/mol. The molecular formula is C13H13N3O2. The van der Waals surface area contributed by atoms with Gasteiger partial charge in [-0.05, 0) is 18.2 Å². The maximum absolute atomic E-state index is 11.8. The Labute approximate surface area is 105 Å². The summed E-state index contributed by atoms with van der Waals surface area (Å²) in [6, 6.07) is 6.73. The van der Waals surface area contributed by atoms with E-state index in [0.29, 0.717) is 24.2 Å². The summed E-state index contributed by atoms with van der Waals surface area (Å²) in [5.74, 6) is 7.17. The minimum atomic E-state index is -0.392. The quantitative estimate of drug-likeness (QED) is 0.339. The third-order valence-electron chi connectivity index (χ3n) is 2.91. The second-order valence-electron chi connectivity index (χ2n) is 4.10. The van der Waals surface area contributed by atoms with Gasteiger partial charge in [0.25, 0.3) is 5.91 Å². The van der Waals surface area contributed by atoms with E-state index >= 15 is 0 Å². The van der Waals surface area contributed by atoms with Gasteiger partial charge in [0.05, 0.1) is 0 Å². The molecule has 0 aromatic heterocycles. The number of carbonyl (C=O) groups excluding carboxylic acids is 2. The van der Waals surface area contributed by atoms with Crippen LogP contribution in [0.15, 0.2) is 24.3 Å². The number of rotatable bonds is 2. The zero-order chi connectivity index (χ0) is 13.1. The van der Waals surface area contributed by atoms with Crippen LogP contribution >= 0.6 is 0 Å². The van der Waals surface area contributed by atoms with Crippen LogP contribution in [0.2, 0.25) is 0 Å². The number of nitrogens with one attached hydrogen (secondary N) is 1. The number of carbonyl (C=O) groups is 2. The smallest absolute Gasteiger partial charge is 0.265 e. The number of hydrogen-bond acceptors (Lipinski definition) is 3. The number of hydrogen-bond donors (Lipinski definition) is 2. The number of nitrogen functional groups attached to an aromatic ring is 1. The van der Waals surface area contributed by atoms with Gasteiger partial charge in [0, 0.05) is 30.1 Å². The van der Waals surface area contributed by atoms with Gasteiger partial charge in [-0.2, -0.15) is 0 Å². The standard InChI is InChI=1S/C13H13N3O2/c1-2-9-6-12(17)16(8-9)11-5-3-4-10(7-11)13(18)15-14/h1,3-5,7,9H,6,8,14H2,(H,15,18). The topological polar surface area (TPSA) is 75.4 Å². The molecule has 3 N–H and O–H groups in total. The predicted octanol–water partition coefficient (Wildman–Crippen LogP) is 0.276. The van der Waals surface area contributed by atoms with E-state index in [2.05, 4.69) is 11.3 Å². The number of amides is 2. The minimum Gasteiger partial charge on any atom is -0.311 e. The molecule has 2 rings (SSSR count). The van der Waals surface area contributed by atoms with E-state index in [0.717, 1.165) is 0 Å². The second-order valence-corrected chi connectivity index (χ2v) is 4.10. The molecule has 1 saturated heterocycles. The normalized spacial score (nSPS) is 18.6. The summed E-state index contributed by atoms with van der Waals surface area (Å²) >= 11 is 0. The van der Waals surface area contributed by atoms with Crippen LogP contribution in [0.4, 0.5) is 5.69 Å². The Morgan fingerprint density at radius 2 is 2.33 bits per heavy atom. The summed E-state index contributed by atoms with van der Waals surface area (Å²) in [4.78, 5) is 24.8. The zero-order valence-corrected chi connectivity index (χ0v) is 9.72. The molecule has 0 bridgehead atoms. The van der Waals surface area contributed by atoms with Crippen molar-refractivity contribution in [3.05, 3.63) is 29.8 Å². The Hall–Kier alpha value is -2.32. The number of hydrazine groups is 1. The highest BCUT2D eigenvalue weighted by molar-refractivity contribution is 5.99. The molecule has 1 aromatic rings. The van der Waals surface area contributed by atoms with Crippen molar-refractivity contribution in [2.45, 2.75) is 6.42 Å². The lowest BCUT2D eigenvalue weighted by Crippen LogP contribution is -2.30. The molecule has 0 saturated carbocycles. The minimum absolute atomic E-state index is 0.0248. The summed E-state index contributed by atoms with van der Waals surface area (Å²) in [7, 11) is 0. The Morgan fingerprint density at radius 1 is 1.56 bits per heavy atom. The molecule has 1 fully saturated rings. The third-order valence-corrected chi connectivity index (χ3v) is 2.91. The Balaban J connectivity index is 2.27. The summed E-state index contributed by atoms with van der Waals surface area (Å²) < 4.78 is 0. The molecule has 1 aliphatic heterocycles. The van der Waals surface area contributed by atoms with Crippen LogP contribution < -0.4 is 16.2 Å². The fourth-order valence-corrected chi connectivity index (χ4v) is 1.97. The van der Waals surface area contributed by atoms with E-state index in [9.17, 15) is 9.59 Å². The van der Waals surface area contributed by atoms with Crippen LogP contribution in [0.5, 0.6) is 0 Å². The molecule has 0 radical (unpaired) electrons. The Kier molecular flexibility index (Phi) is 3.31. The van der Waals surface area contributed by atoms with Crippen LogP contribution in [0.3, 0.4) is 0 Å². The number of nitrogens with two attached hydrogens (primary N) is 1. The molecule has 2 amide bonds. The van der Waals surface area contributed by atoms with Gasteiger partial charge >= 0.3 is 0 Å². The molecule has 1 atom stereocenters. The number of nitrogens with zero attached hydrogens (tertiary/aromatic N) is 1. The van der Waals surface area contributed by atoms with Gasteiger partial charge in [-0.15, -0.1) is 12.3 Å². The van der Waals surface area contributed by atoms with Gasteiger partial charge in [0.1, 0.15) is 0 Å². The monoisotopic (exact) mass is 243 g/mol. The Bertz CT molecular complexity index is 533. The highest BCUT2D eigenvalue weighted by atomic mass is 16.2. The largest absolute Gasteiger partial charge is 0.311 e. The molecule has 1 aromatic carbocycles. The molecule has 1 unspecified atom stereocenters. The molecule has 1 aliphatic rings. The second kappa shape index (κ2) is 4.90. The van der Waals surface area contributed by atoms with Crippen LogP contribution in [0.1, 0.15) is 16.8 Å². The number of benzene rings is 1. The average Bonchev–Trinajstić information content (AvgIpc) is 2.79. The maximum atomic E-state index is 11.8. The van der Waals surface area contributed by atoms with Crippen molar-refractivity contribution >= 4 is 17.5 Å². The zero-order valence-electron chi connectivity index (χ0n) is 9.72. The molecule has 92 valence electrons. The van der Waals surface area contributed by atoms with E-state index in [4.69, 9.17) is 12.3 Å². The summed E-state index contributed by atoms with van der Waals surface area (Å²) in [6.07, 6.45) is 5.68. The lowest BCUT2D eigenvalue weighted by Gasteiger charge is -2.16. The molecule has 5 nitrogen and oxygen atoms in total. The van der Waals surface area contributed by atoms with E-state index in [-0.39, 0.29) is 11.8 Å². The first kappa shape index (κ1) is 12.1. The molecule has 5 heteroatoms. The fraction of sp³-hybridized carbons (Fsp3) is 0.231. The first-order valence-corrected chi connectivity index (χ1v) is 5.53. The fourth-order valence-electron chi connectivity index (χ4n) is 1.97. The van der Waals surface area contributed by atoms with Crippen molar-refractivity contribution < 1.29 is 9.59 Å². The van der Waals surface area contributed by atoms with E-state index in [1.54, 1.807) is 29.2 Å². The van der Waals surface area contributed by atoms with E-state index in [1.165, 1.54) is 0 Å². The Morgan fingerprint density at radius 3 is 2.94 bits per heavy atom. The molecule has 0 aliphatic carbocycles. The first-order chi connectivity index (χ1) is 8.65. The highest BCUT2D eigenvalue weighted by Crippen LogP contribution is 2.25. The van der Waals surface area contributed by atoms with Crippen molar-refractivity contribution in [1.82, 2.24) is 5.43 Å². The molecule has 18 heavy (non-hydrogen) atoms. The molecule has 1 heterocycles. The van der Waals surface area contributed by atoms with Crippen LogP contribution in [-0.4, -0.2) is 18.4 Å². The predicted molar refractivity (Wildman–Crippen MR) is 67.4 cm³/mol. The van der Waals surface area contributed by atoms with Crippen LogP contribution in [0.25, 0.3) is 0 Å². The van der Waals surface area contributed by atoms with Crippen molar-refractivity contribution in [1.29, 1.82) is 0 Å². The summed E-state index contributed by atoms with van der Waals surface area (Å²) in [5.41, 5.74) is 3.13. The number of anilines is 1. The van der Waals surface area contributed by atoms with Gasteiger partial charge < -0.3 is 4.90 Å². The highest BCUT2D eigenvalue weighted by Gasteiger charge is 2.29. The van der Waals surface area contributed by atoms with Crippen molar-refractivity contribution in [3.63, 3.8) is 0 Å². The first-order valence-electron chi connectivity index (χ1n) is 5.53. The summed E-state index contributed by atoms with van der Waals surface area (Å²) in [5, 5.41) is 0. The third kappa shape index (κ3) is 2.19. The maximum Gasteiger partial charge on any atom is 0.265 e. The SMILES string of the molecule is C#CC1CC(=O)N(c2cccc(C(=O)NN)c2)C1. The van der Waals surface area contributed by atoms with Gasteiger partial charge in [0.2, 0.25) is 5.91 Å².